The van der Waals surface area contributed by atoms with Gasteiger partial charge in [0.2, 0.25) is 5.91 Å². The summed E-state index contributed by atoms with van der Waals surface area (Å²) >= 11 is 0. The number of piperidine rings is 2. The summed E-state index contributed by atoms with van der Waals surface area (Å²) in [5, 5.41) is 3.16. The summed E-state index contributed by atoms with van der Waals surface area (Å²) in [4.78, 5) is 33.4. The number of aromatic nitrogens is 1. The molecule has 1 aromatic rings. The van der Waals surface area contributed by atoms with Gasteiger partial charge in [-0.1, -0.05) is 0 Å². The number of pyridine rings is 1. The van der Waals surface area contributed by atoms with Crippen LogP contribution in [0.2, 0.25) is 0 Å². The Morgan fingerprint density at radius 1 is 1.08 bits per heavy atom. The predicted molar refractivity (Wildman–Crippen MR) is 98.6 cm³/mol. The van der Waals surface area contributed by atoms with Gasteiger partial charge in [-0.3, -0.25) is 19.5 Å². The summed E-state index contributed by atoms with van der Waals surface area (Å²) in [6.07, 6.45) is 9.70. The van der Waals surface area contributed by atoms with E-state index in [1.165, 1.54) is 0 Å². The highest BCUT2D eigenvalue weighted by Crippen LogP contribution is 2.26. The molecule has 2 aliphatic heterocycles. The summed E-state index contributed by atoms with van der Waals surface area (Å²) in [7, 11) is 0. The summed E-state index contributed by atoms with van der Waals surface area (Å²) in [5.41, 5.74) is 0.667. The van der Waals surface area contributed by atoms with Gasteiger partial charge in [-0.25, -0.2) is 0 Å². The van der Waals surface area contributed by atoms with Crippen LogP contribution in [0.4, 0.5) is 0 Å². The molecule has 1 saturated carbocycles. The molecule has 1 N–H and O–H groups in total. The van der Waals surface area contributed by atoms with E-state index in [0.717, 1.165) is 64.7 Å². The van der Waals surface area contributed by atoms with E-state index < -0.39 is 0 Å². The molecule has 3 fully saturated rings. The molecule has 140 valence electrons. The molecule has 1 aromatic heterocycles. The summed E-state index contributed by atoms with van der Waals surface area (Å²) in [6, 6.07) is 4.57. The first-order valence-electron chi connectivity index (χ1n) is 9.94. The highest BCUT2D eigenvalue weighted by atomic mass is 16.2. The van der Waals surface area contributed by atoms with Crippen molar-refractivity contribution in [3.8, 4) is 0 Å². The maximum absolute atomic E-state index is 12.6. The van der Waals surface area contributed by atoms with Gasteiger partial charge in [-0.15, -0.1) is 0 Å². The van der Waals surface area contributed by atoms with Gasteiger partial charge in [0.25, 0.3) is 5.91 Å². The van der Waals surface area contributed by atoms with Crippen LogP contribution in [-0.4, -0.2) is 64.9 Å². The molecule has 1 atom stereocenters. The first-order valence-corrected chi connectivity index (χ1v) is 9.94. The number of likely N-dealkylation sites (tertiary alicyclic amines) is 2. The third-order valence-electron chi connectivity index (χ3n) is 5.92. The molecule has 4 rings (SSSR count). The Morgan fingerprint density at radius 3 is 2.58 bits per heavy atom. The van der Waals surface area contributed by atoms with Crippen molar-refractivity contribution in [3.05, 3.63) is 30.1 Å². The molecule has 6 nitrogen and oxygen atoms in total. The summed E-state index contributed by atoms with van der Waals surface area (Å²) in [6.45, 7) is 3.52. The minimum absolute atomic E-state index is 0.0804. The minimum Gasteiger partial charge on any atom is -0.353 e. The highest BCUT2D eigenvalue weighted by molar-refractivity contribution is 5.93. The second kappa shape index (κ2) is 7.74. The second-order valence-electron chi connectivity index (χ2n) is 7.88. The van der Waals surface area contributed by atoms with E-state index in [-0.39, 0.29) is 17.7 Å². The molecular weight excluding hydrogens is 328 g/mol. The van der Waals surface area contributed by atoms with Crippen molar-refractivity contribution in [2.24, 2.45) is 5.92 Å². The van der Waals surface area contributed by atoms with Gasteiger partial charge in [-0.05, 0) is 57.2 Å². The lowest BCUT2D eigenvalue weighted by atomic mass is 9.93. The van der Waals surface area contributed by atoms with Gasteiger partial charge in [-0.2, -0.15) is 0 Å². The molecule has 0 spiro atoms. The van der Waals surface area contributed by atoms with Crippen LogP contribution in [0.15, 0.2) is 24.5 Å². The summed E-state index contributed by atoms with van der Waals surface area (Å²) < 4.78 is 0. The van der Waals surface area contributed by atoms with Crippen LogP contribution in [0.5, 0.6) is 0 Å². The maximum Gasteiger partial charge on any atom is 0.255 e. The van der Waals surface area contributed by atoms with E-state index >= 15 is 0 Å². The zero-order chi connectivity index (χ0) is 17.9. The molecule has 3 heterocycles. The molecule has 0 unspecified atom stereocenters. The van der Waals surface area contributed by atoms with Crippen molar-refractivity contribution in [1.29, 1.82) is 0 Å². The lowest BCUT2D eigenvalue weighted by Gasteiger charge is -2.42. The van der Waals surface area contributed by atoms with E-state index in [4.69, 9.17) is 0 Å². The third kappa shape index (κ3) is 4.06. The monoisotopic (exact) mass is 356 g/mol. The largest absolute Gasteiger partial charge is 0.353 e. The van der Waals surface area contributed by atoms with Crippen LogP contribution in [0.3, 0.4) is 0 Å². The Morgan fingerprint density at radius 2 is 1.88 bits per heavy atom. The molecular formula is C20H28N4O2. The molecule has 3 aliphatic rings. The fraction of sp³-hybridized carbons (Fsp3) is 0.650. The van der Waals surface area contributed by atoms with E-state index in [1.807, 2.05) is 11.0 Å². The Kier molecular flexibility index (Phi) is 5.20. The maximum atomic E-state index is 12.6. The fourth-order valence-electron chi connectivity index (χ4n) is 4.20. The lowest BCUT2D eigenvalue weighted by Crippen LogP contribution is -2.51. The van der Waals surface area contributed by atoms with Crippen LogP contribution in [-0.2, 0) is 4.79 Å². The highest BCUT2D eigenvalue weighted by Gasteiger charge is 2.34. The summed E-state index contributed by atoms with van der Waals surface area (Å²) in [5.74, 6) is 0.470. The number of nitrogens with zero attached hydrogens (tertiary/aromatic N) is 3. The van der Waals surface area contributed by atoms with Gasteiger partial charge in [0, 0.05) is 44.1 Å². The Balaban J connectivity index is 1.28. The molecule has 0 bridgehead atoms. The van der Waals surface area contributed by atoms with Crippen molar-refractivity contribution in [2.45, 2.75) is 50.6 Å². The minimum atomic E-state index is 0.0804. The van der Waals surface area contributed by atoms with Crippen molar-refractivity contribution in [1.82, 2.24) is 20.1 Å². The van der Waals surface area contributed by atoms with Crippen LogP contribution >= 0.6 is 0 Å². The number of hydrogen-bond acceptors (Lipinski definition) is 4. The molecule has 2 saturated heterocycles. The van der Waals surface area contributed by atoms with Crippen LogP contribution in [0.1, 0.15) is 48.9 Å². The number of nitrogens with one attached hydrogen (secondary N) is 1. The fourth-order valence-corrected chi connectivity index (χ4v) is 4.20. The predicted octanol–water partition coefficient (Wildman–Crippen LogP) is 1.68. The number of hydrogen-bond donors (Lipinski definition) is 1. The van der Waals surface area contributed by atoms with E-state index in [2.05, 4.69) is 15.2 Å². The van der Waals surface area contributed by atoms with Crippen LogP contribution in [0.25, 0.3) is 0 Å². The molecule has 1 aliphatic carbocycles. The number of carbonyl (C=O) groups excluding carboxylic acids is 2. The average Bonchev–Trinajstić information content (AvgIpc) is 3.52. The topological polar surface area (TPSA) is 65.5 Å². The van der Waals surface area contributed by atoms with Crippen LogP contribution < -0.4 is 5.32 Å². The number of amides is 2. The van der Waals surface area contributed by atoms with E-state index in [9.17, 15) is 9.59 Å². The Hall–Kier alpha value is -1.95. The van der Waals surface area contributed by atoms with Crippen molar-refractivity contribution >= 4 is 11.8 Å². The van der Waals surface area contributed by atoms with E-state index in [0.29, 0.717) is 17.6 Å². The van der Waals surface area contributed by atoms with Crippen molar-refractivity contribution < 1.29 is 9.59 Å². The standard InChI is InChI=1S/C20H28N4O2/c25-19(22-17-5-6-17)16-4-2-10-24(14-16)18-7-11-23(12-8-18)20(26)15-3-1-9-21-13-15/h1,3,9,13,16-18H,2,4-8,10-12,14H2,(H,22,25)/t16-/m0/s1. The normalized spacial score (nSPS) is 25.1. The number of carbonyl (C=O) groups is 2. The first-order chi connectivity index (χ1) is 12.7. The molecule has 0 radical (unpaired) electrons. The molecule has 6 heteroatoms. The molecule has 0 aromatic carbocycles. The number of rotatable bonds is 4. The second-order valence-corrected chi connectivity index (χ2v) is 7.88. The lowest BCUT2D eigenvalue weighted by molar-refractivity contribution is -0.127. The van der Waals surface area contributed by atoms with Crippen molar-refractivity contribution in [3.63, 3.8) is 0 Å². The SMILES string of the molecule is O=C(NC1CC1)[C@H]1CCCN(C2CCN(C(=O)c3cccnc3)CC2)C1. The zero-order valence-corrected chi connectivity index (χ0v) is 15.3. The molecule has 26 heavy (non-hydrogen) atoms. The van der Waals surface area contributed by atoms with Crippen LogP contribution in [0, 0.1) is 5.92 Å². The Labute approximate surface area is 155 Å². The Bertz CT molecular complexity index is 638. The first kappa shape index (κ1) is 17.5. The van der Waals surface area contributed by atoms with Gasteiger partial charge in [0.05, 0.1) is 11.5 Å². The third-order valence-corrected chi connectivity index (χ3v) is 5.92. The van der Waals surface area contributed by atoms with Gasteiger partial charge in [0.15, 0.2) is 0 Å². The smallest absolute Gasteiger partial charge is 0.255 e. The van der Waals surface area contributed by atoms with E-state index in [1.54, 1.807) is 18.5 Å². The molecule has 2 amide bonds. The van der Waals surface area contributed by atoms with Gasteiger partial charge < -0.3 is 10.2 Å². The van der Waals surface area contributed by atoms with Gasteiger partial charge in [0.1, 0.15) is 0 Å². The zero-order valence-electron chi connectivity index (χ0n) is 15.3. The quantitative estimate of drug-likeness (QED) is 0.891. The average molecular weight is 356 g/mol. The van der Waals surface area contributed by atoms with Crippen molar-refractivity contribution in [2.75, 3.05) is 26.2 Å². The van der Waals surface area contributed by atoms with Gasteiger partial charge >= 0.3 is 0 Å².